The molecule has 2 aromatic carbocycles. The molecule has 1 aromatic heterocycles. The Labute approximate surface area is 153 Å². The summed E-state index contributed by atoms with van der Waals surface area (Å²) >= 11 is 0. The molecule has 26 heavy (non-hydrogen) atoms. The molecule has 134 valence electrons. The van der Waals surface area contributed by atoms with Crippen molar-refractivity contribution in [3.63, 3.8) is 0 Å². The van der Waals surface area contributed by atoms with Gasteiger partial charge in [-0.2, -0.15) is 4.98 Å². The van der Waals surface area contributed by atoms with E-state index in [4.69, 9.17) is 14.5 Å². The summed E-state index contributed by atoms with van der Waals surface area (Å²) in [6.07, 6.45) is 2.65. The third-order valence-electron chi connectivity index (χ3n) is 5.71. The lowest BCUT2D eigenvalue weighted by molar-refractivity contribution is -0.0128. The van der Waals surface area contributed by atoms with E-state index in [0.717, 1.165) is 29.0 Å². The highest BCUT2D eigenvalue weighted by Crippen LogP contribution is 2.35. The monoisotopic (exact) mass is 349 g/mol. The van der Waals surface area contributed by atoms with Crippen LogP contribution in [-0.2, 0) is 0 Å². The predicted molar refractivity (Wildman–Crippen MR) is 101 cm³/mol. The molecule has 1 atom stereocenters. The Morgan fingerprint density at radius 3 is 2.54 bits per heavy atom. The standard InChI is InChI=1S/C21H23N3O2/c1-25-19-9-5-4-8-18(19)24-17-7-3-2-6-16(17)22-21(24)26-20-14-23-12-10-15(20)11-13-23/h2-9,15,20H,10-14H2,1H3. The first kappa shape index (κ1) is 15.7. The molecular formula is C21H23N3O2. The van der Waals surface area contributed by atoms with E-state index < -0.39 is 0 Å². The molecule has 6 rings (SSSR count). The van der Waals surface area contributed by atoms with Crippen molar-refractivity contribution in [3.8, 4) is 17.4 Å². The van der Waals surface area contributed by atoms with Crippen molar-refractivity contribution in [1.82, 2.24) is 14.5 Å². The molecule has 3 saturated heterocycles. The van der Waals surface area contributed by atoms with Crippen LogP contribution >= 0.6 is 0 Å². The summed E-state index contributed by atoms with van der Waals surface area (Å²) in [4.78, 5) is 7.31. The molecule has 2 bridgehead atoms. The molecule has 0 N–H and O–H groups in total. The van der Waals surface area contributed by atoms with Crippen molar-refractivity contribution in [2.45, 2.75) is 18.9 Å². The molecule has 3 aromatic rings. The first-order valence-electron chi connectivity index (χ1n) is 9.33. The Balaban J connectivity index is 1.61. The number of para-hydroxylation sites is 4. The van der Waals surface area contributed by atoms with E-state index in [0.29, 0.717) is 11.9 Å². The molecule has 0 spiro atoms. The molecule has 4 heterocycles. The number of benzene rings is 2. The van der Waals surface area contributed by atoms with Crippen LogP contribution in [0.25, 0.3) is 16.7 Å². The van der Waals surface area contributed by atoms with Gasteiger partial charge < -0.3 is 9.47 Å². The van der Waals surface area contributed by atoms with Crippen molar-refractivity contribution in [2.75, 3.05) is 26.7 Å². The average molecular weight is 349 g/mol. The van der Waals surface area contributed by atoms with Gasteiger partial charge in [0.15, 0.2) is 0 Å². The fourth-order valence-electron chi connectivity index (χ4n) is 4.31. The second kappa shape index (κ2) is 6.32. The maximum absolute atomic E-state index is 6.51. The summed E-state index contributed by atoms with van der Waals surface area (Å²) in [6.45, 7) is 3.40. The predicted octanol–water partition coefficient (Wildman–Crippen LogP) is 3.51. The number of ether oxygens (including phenoxy) is 2. The van der Waals surface area contributed by atoms with Gasteiger partial charge in [-0.05, 0) is 56.1 Å². The maximum atomic E-state index is 6.51. The smallest absolute Gasteiger partial charge is 0.302 e. The number of hydrogen-bond donors (Lipinski definition) is 0. The van der Waals surface area contributed by atoms with Crippen molar-refractivity contribution in [3.05, 3.63) is 48.5 Å². The van der Waals surface area contributed by atoms with Gasteiger partial charge in [0.05, 0.1) is 23.8 Å². The second-order valence-corrected chi connectivity index (χ2v) is 7.18. The number of rotatable bonds is 4. The Morgan fingerprint density at radius 2 is 1.77 bits per heavy atom. The van der Waals surface area contributed by atoms with Crippen LogP contribution in [0.3, 0.4) is 0 Å². The highest BCUT2D eigenvalue weighted by Gasteiger charge is 2.36. The summed E-state index contributed by atoms with van der Waals surface area (Å²) in [5, 5.41) is 0. The van der Waals surface area contributed by atoms with E-state index in [9.17, 15) is 0 Å². The average Bonchev–Trinajstić information content (AvgIpc) is 3.06. The van der Waals surface area contributed by atoms with Crippen LogP contribution in [0.15, 0.2) is 48.5 Å². The van der Waals surface area contributed by atoms with Crippen LogP contribution in [0, 0.1) is 5.92 Å². The molecule has 0 radical (unpaired) electrons. The molecule has 0 amide bonds. The number of piperidine rings is 3. The summed E-state index contributed by atoms with van der Waals surface area (Å²) in [7, 11) is 1.70. The van der Waals surface area contributed by atoms with Gasteiger partial charge in [-0.15, -0.1) is 0 Å². The third-order valence-corrected chi connectivity index (χ3v) is 5.71. The number of imidazole rings is 1. The van der Waals surface area contributed by atoms with E-state index in [-0.39, 0.29) is 6.10 Å². The van der Waals surface area contributed by atoms with Crippen LogP contribution in [-0.4, -0.2) is 47.3 Å². The van der Waals surface area contributed by atoms with Gasteiger partial charge in [-0.1, -0.05) is 24.3 Å². The van der Waals surface area contributed by atoms with E-state index >= 15 is 0 Å². The zero-order valence-corrected chi connectivity index (χ0v) is 15.0. The van der Waals surface area contributed by atoms with Crippen LogP contribution in [0.5, 0.6) is 11.8 Å². The lowest BCUT2D eigenvalue weighted by Crippen LogP contribution is -2.52. The van der Waals surface area contributed by atoms with Crippen molar-refractivity contribution < 1.29 is 9.47 Å². The number of aromatic nitrogens is 2. The van der Waals surface area contributed by atoms with Gasteiger partial charge in [0.2, 0.25) is 0 Å². The largest absolute Gasteiger partial charge is 0.495 e. The molecule has 5 nitrogen and oxygen atoms in total. The summed E-state index contributed by atoms with van der Waals surface area (Å²) in [6, 6.07) is 16.9. The zero-order chi connectivity index (χ0) is 17.5. The number of hydrogen-bond acceptors (Lipinski definition) is 4. The molecule has 0 aliphatic carbocycles. The Kier molecular flexibility index (Phi) is 3.82. The molecule has 5 heteroatoms. The Hall–Kier alpha value is -2.53. The molecular weight excluding hydrogens is 326 g/mol. The van der Waals surface area contributed by atoms with Crippen LogP contribution in [0.2, 0.25) is 0 Å². The van der Waals surface area contributed by atoms with Gasteiger partial charge in [0, 0.05) is 6.54 Å². The minimum atomic E-state index is 0.211. The number of methoxy groups -OCH3 is 1. The highest BCUT2D eigenvalue weighted by atomic mass is 16.5. The lowest BCUT2D eigenvalue weighted by Gasteiger charge is -2.44. The SMILES string of the molecule is COc1ccccc1-n1c(OC2CN3CCC2CC3)nc2ccccc21. The minimum Gasteiger partial charge on any atom is -0.495 e. The van der Waals surface area contributed by atoms with E-state index in [1.54, 1.807) is 7.11 Å². The first-order chi connectivity index (χ1) is 12.8. The maximum Gasteiger partial charge on any atom is 0.302 e. The summed E-state index contributed by atoms with van der Waals surface area (Å²) < 4.78 is 14.2. The van der Waals surface area contributed by atoms with Crippen molar-refractivity contribution >= 4 is 11.0 Å². The second-order valence-electron chi connectivity index (χ2n) is 7.18. The quantitative estimate of drug-likeness (QED) is 0.723. The van der Waals surface area contributed by atoms with Gasteiger partial charge >= 0.3 is 6.01 Å². The highest BCUT2D eigenvalue weighted by molar-refractivity contribution is 5.79. The minimum absolute atomic E-state index is 0.211. The Bertz CT molecular complexity index is 928. The molecule has 0 saturated carbocycles. The van der Waals surface area contributed by atoms with Gasteiger partial charge in [-0.3, -0.25) is 9.47 Å². The fraction of sp³-hybridized carbons (Fsp3) is 0.381. The number of fused-ring (bicyclic) bond motifs is 4. The summed E-state index contributed by atoms with van der Waals surface area (Å²) in [5.41, 5.74) is 2.93. The van der Waals surface area contributed by atoms with Crippen LogP contribution in [0.4, 0.5) is 0 Å². The van der Waals surface area contributed by atoms with Gasteiger partial charge in [-0.25, -0.2) is 0 Å². The van der Waals surface area contributed by atoms with Crippen molar-refractivity contribution in [1.29, 1.82) is 0 Å². The Morgan fingerprint density at radius 1 is 1.00 bits per heavy atom. The molecule has 3 fully saturated rings. The molecule has 3 aliphatic rings. The van der Waals surface area contributed by atoms with Gasteiger partial charge in [0.25, 0.3) is 0 Å². The first-order valence-corrected chi connectivity index (χ1v) is 9.33. The third kappa shape index (κ3) is 2.54. The zero-order valence-electron chi connectivity index (χ0n) is 15.0. The fourth-order valence-corrected chi connectivity index (χ4v) is 4.31. The topological polar surface area (TPSA) is 39.5 Å². The van der Waals surface area contributed by atoms with E-state index in [1.165, 1.54) is 25.9 Å². The molecule has 3 aliphatic heterocycles. The summed E-state index contributed by atoms with van der Waals surface area (Å²) in [5.74, 6) is 1.44. The van der Waals surface area contributed by atoms with E-state index in [2.05, 4.69) is 21.6 Å². The van der Waals surface area contributed by atoms with E-state index in [1.807, 2.05) is 36.4 Å². The normalized spacial score (nSPS) is 24.7. The van der Waals surface area contributed by atoms with Crippen molar-refractivity contribution in [2.24, 2.45) is 5.92 Å². The van der Waals surface area contributed by atoms with Gasteiger partial charge in [0.1, 0.15) is 11.9 Å². The van der Waals surface area contributed by atoms with Crippen LogP contribution in [0.1, 0.15) is 12.8 Å². The number of nitrogens with zero attached hydrogens (tertiary/aromatic N) is 3. The molecule has 1 unspecified atom stereocenters. The lowest BCUT2D eigenvalue weighted by atomic mass is 9.86. The van der Waals surface area contributed by atoms with Crippen LogP contribution < -0.4 is 9.47 Å².